The number of nitrogens with zero attached hydrogens (tertiary/aromatic N) is 1. The van der Waals surface area contributed by atoms with E-state index in [2.05, 4.69) is 36.3 Å². The third kappa shape index (κ3) is 4.58. The summed E-state index contributed by atoms with van der Waals surface area (Å²) < 4.78 is 5.71. The fraction of sp³-hybridized carbons (Fsp3) is 0.333. The summed E-state index contributed by atoms with van der Waals surface area (Å²) in [5.41, 5.74) is 3.26. The molecule has 1 amide bonds. The van der Waals surface area contributed by atoms with E-state index >= 15 is 0 Å². The highest BCUT2D eigenvalue weighted by Crippen LogP contribution is 2.27. The summed E-state index contributed by atoms with van der Waals surface area (Å²) in [5.74, 6) is 1.01. The number of rotatable bonds is 6. The van der Waals surface area contributed by atoms with E-state index in [9.17, 15) is 4.79 Å². The number of aromatic nitrogens is 1. The summed E-state index contributed by atoms with van der Waals surface area (Å²) in [6.45, 7) is 6.74. The van der Waals surface area contributed by atoms with Gasteiger partial charge in [0.15, 0.2) is 6.61 Å². The van der Waals surface area contributed by atoms with Crippen molar-refractivity contribution in [3.8, 4) is 5.75 Å². The molecule has 0 saturated heterocycles. The second kappa shape index (κ2) is 7.59. The van der Waals surface area contributed by atoms with E-state index in [4.69, 9.17) is 4.74 Å². The quantitative estimate of drug-likeness (QED) is 0.891. The number of benzene rings is 1. The Kier molecular flexibility index (Phi) is 5.53. The standard InChI is InChI=1S/C18H22N2O2/c1-13(2)16-5-4-14(3)10-17(16)22-12-18(21)20-11-15-6-8-19-9-7-15/h4-10,13H,11-12H2,1-3H3,(H,20,21). The first-order valence-corrected chi connectivity index (χ1v) is 7.45. The monoisotopic (exact) mass is 298 g/mol. The van der Waals surface area contributed by atoms with Crippen molar-refractivity contribution in [3.05, 3.63) is 59.4 Å². The van der Waals surface area contributed by atoms with Gasteiger partial charge in [0.25, 0.3) is 5.91 Å². The number of pyridine rings is 1. The van der Waals surface area contributed by atoms with Gasteiger partial charge in [-0.1, -0.05) is 26.0 Å². The zero-order valence-corrected chi connectivity index (χ0v) is 13.3. The molecule has 0 radical (unpaired) electrons. The maximum atomic E-state index is 11.9. The summed E-state index contributed by atoms with van der Waals surface area (Å²) >= 11 is 0. The van der Waals surface area contributed by atoms with Crippen LogP contribution in [0.3, 0.4) is 0 Å². The number of amides is 1. The third-order valence-electron chi connectivity index (χ3n) is 3.39. The first-order valence-electron chi connectivity index (χ1n) is 7.45. The largest absolute Gasteiger partial charge is 0.483 e. The molecular formula is C18H22N2O2. The molecule has 0 unspecified atom stereocenters. The number of carbonyl (C=O) groups is 1. The highest BCUT2D eigenvalue weighted by molar-refractivity contribution is 5.77. The van der Waals surface area contributed by atoms with Crippen LogP contribution in [0.15, 0.2) is 42.7 Å². The second-order valence-electron chi connectivity index (χ2n) is 5.62. The summed E-state index contributed by atoms with van der Waals surface area (Å²) in [6, 6.07) is 9.85. The third-order valence-corrected chi connectivity index (χ3v) is 3.39. The minimum atomic E-state index is -0.131. The van der Waals surface area contributed by atoms with E-state index in [1.807, 2.05) is 25.1 Å². The Morgan fingerprint density at radius 3 is 2.64 bits per heavy atom. The predicted molar refractivity (Wildman–Crippen MR) is 86.8 cm³/mol. The number of hydrogen-bond donors (Lipinski definition) is 1. The van der Waals surface area contributed by atoms with Crippen molar-refractivity contribution in [2.24, 2.45) is 0 Å². The van der Waals surface area contributed by atoms with Crippen molar-refractivity contribution < 1.29 is 9.53 Å². The Hall–Kier alpha value is -2.36. The molecule has 4 nitrogen and oxygen atoms in total. The lowest BCUT2D eigenvalue weighted by Crippen LogP contribution is -2.28. The van der Waals surface area contributed by atoms with Crippen molar-refractivity contribution in [2.75, 3.05) is 6.61 Å². The molecule has 0 aliphatic carbocycles. The van der Waals surface area contributed by atoms with Gasteiger partial charge in [0.2, 0.25) is 0 Å². The molecule has 1 heterocycles. The fourth-order valence-electron chi connectivity index (χ4n) is 2.14. The summed E-state index contributed by atoms with van der Waals surface area (Å²) in [6.07, 6.45) is 3.42. The van der Waals surface area contributed by atoms with Crippen LogP contribution < -0.4 is 10.1 Å². The molecule has 4 heteroatoms. The molecule has 0 bridgehead atoms. The molecular weight excluding hydrogens is 276 g/mol. The van der Waals surface area contributed by atoms with Crippen LogP contribution in [0.2, 0.25) is 0 Å². The lowest BCUT2D eigenvalue weighted by atomic mass is 10.0. The topological polar surface area (TPSA) is 51.2 Å². The highest BCUT2D eigenvalue weighted by atomic mass is 16.5. The first-order chi connectivity index (χ1) is 10.6. The van der Waals surface area contributed by atoms with Gasteiger partial charge in [-0.2, -0.15) is 0 Å². The van der Waals surface area contributed by atoms with Crippen LogP contribution in [0.25, 0.3) is 0 Å². The molecule has 0 aliphatic heterocycles. The van der Waals surface area contributed by atoms with E-state index in [-0.39, 0.29) is 12.5 Å². The molecule has 1 N–H and O–H groups in total. The molecule has 0 spiro atoms. The molecule has 0 fully saturated rings. The van der Waals surface area contributed by atoms with Crippen LogP contribution in [0, 0.1) is 6.92 Å². The van der Waals surface area contributed by atoms with Crippen LogP contribution in [0.1, 0.15) is 36.5 Å². The van der Waals surface area contributed by atoms with E-state index < -0.39 is 0 Å². The van der Waals surface area contributed by atoms with Crippen LogP contribution in [-0.2, 0) is 11.3 Å². The number of carbonyl (C=O) groups excluding carboxylic acids is 1. The molecule has 1 aromatic heterocycles. The second-order valence-corrected chi connectivity index (χ2v) is 5.62. The molecule has 22 heavy (non-hydrogen) atoms. The Morgan fingerprint density at radius 1 is 1.23 bits per heavy atom. The van der Waals surface area contributed by atoms with Gasteiger partial charge >= 0.3 is 0 Å². The van der Waals surface area contributed by atoms with Crippen molar-refractivity contribution in [1.29, 1.82) is 0 Å². The van der Waals surface area contributed by atoms with E-state index in [0.717, 1.165) is 22.4 Å². The van der Waals surface area contributed by atoms with Crippen LogP contribution in [0.4, 0.5) is 0 Å². The molecule has 0 atom stereocenters. The molecule has 116 valence electrons. The van der Waals surface area contributed by atoms with E-state index in [1.165, 1.54) is 0 Å². The zero-order chi connectivity index (χ0) is 15.9. The number of nitrogens with one attached hydrogen (secondary N) is 1. The summed E-state index contributed by atoms with van der Waals surface area (Å²) in [5, 5.41) is 2.84. The number of aryl methyl sites for hydroxylation is 1. The molecule has 0 saturated carbocycles. The van der Waals surface area contributed by atoms with Crippen LogP contribution >= 0.6 is 0 Å². The fourth-order valence-corrected chi connectivity index (χ4v) is 2.14. The lowest BCUT2D eigenvalue weighted by molar-refractivity contribution is -0.123. The Balaban J connectivity index is 1.90. The smallest absolute Gasteiger partial charge is 0.258 e. The maximum Gasteiger partial charge on any atom is 0.258 e. The normalized spacial score (nSPS) is 10.5. The minimum absolute atomic E-state index is 0.0221. The number of ether oxygens (including phenoxy) is 1. The van der Waals surface area contributed by atoms with Gasteiger partial charge in [-0.05, 0) is 47.7 Å². The van der Waals surface area contributed by atoms with Gasteiger partial charge in [-0.3, -0.25) is 9.78 Å². The summed E-state index contributed by atoms with van der Waals surface area (Å²) in [7, 11) is 0. The van der Waals surface area contributed by atoms with Gasteiger partial charge in [-0.25, -0.2) is 0 Å². The van der Waals surface area contributed by atoms with Gasteiger partial charge in [0, 0.05) is 18.9 Å². The zero-order valence-electron chi connectivity index (χ0n) is 13.3. The van der Waals surface area contributed by atoms with Crippen molar-refractivity contribution in [1.82, 2.24) is 10.3 Å². The Morgan fingerprint density at radius 2 is 1.95 bits per heavy atom. The van der Waals surface area contributed by atoms with Crippen LogP contribution in [0.5, 0.6) is 5.75 Å². The van der Waals surface area contributed by atoms with E-state index in [0.29, 0.717) is 12.5 Å². The molecule has 2 rings (SSSR count). The average molecular weight is 298 g/mol. The van der Waals surface area contributed by atoms with Crippen molar-refractivity contribution >= 4 is 5.91 Å². The van der Waals surface area contributed by atoms with Crippen molar-refractivity contribution in [3.63, 3.8) is 0 Å². The average Bonchev–Trinajstić information content (AvgIpc) is 2.51. The van der Waals surface area contributed by atoms with E-state index in [1.54, 1.807) is 12.4 Å². The minimum Gasteiger partial charge on any atom is -0.483 e. The lowest BCUT2D eigenvalue weighted by Gasteiger charge is -2.14. The maximum absolute atomic E-state index is 11.9. The highest BCUT2D eigenvalue weighted by Gasteiger charge is 2.10. The molecule has 0 aliphatic rings. The van der Waals surface area contributed by atoms with Gasteiger partial charge < -0.3 is 10.1 Å². The molecule has 1 aromatic carbocycles. The van der Waals surface area contributed by atoms with Gasteiger partial charge in [0.1, 0.15) is 5.75 Å². The first kappa shape index (κ1) is 16.0. The van der Waals surface area contributed by atoms with Crippen molar-refractivity contribution in [2.45, 2.75) is 33.2 Å². The van der Waals surface area contributed by atoms with Gasteiger partial charge in [-0.15, -0.1) is 0 Å². The van der Waals surface area contributed by atoms with Gasteiger partial charge in [0.05, 0.1) is 0 Å². The van der Waals surface area contributed by atoms with Crippen LogP contribution in [-0.4, -0.2) is 17.5 Å². The SMILES string of the molecule is Cc1ccc(C(C)C)c(OCC(=O)NCc2ccncc2)c1. The summed E-state index contributed by atoms with van der Waals surface area (Å²) in [4.78, 5) is 15.8. The number of hydrogen-bond acceptors (Lipinski definition) is 3. The Labute approximate surface area is 131 Å². The predicted octanol–water partition coefficient (Wildman–Crippen LogP) is 3.21. The Bertz CT molecular complexity index is 624. The molecule has 2 aromatic rings.